The van der Waals surface area contributed by atoms with Gasteiger partial charge in [-0.25, -0.2) is 0 Å². The maximum atomic E-state index is 11.8. The van der Waals surface area contributed by atoms with Crippen LogP contribution in [0.15, 0.2) is 24.3 Å². The number of phenols is 1. The molecule has 1 aromatic carbocycles. The zero-order valence-electron chi connectivity index (χ0n) is 9.27. The minimum absolute atomic E-state index is 0.0121. The Labute approximate surface area is 98.8 Å². The maximum absolute atomic E-state index is 11.8. The molecule has 0 spiro atoms. The summed E-state index contributed by atoms with van der Waals surface area (Å²) in [5, 5.41) is 15.0. The van der Waals surface area contributed by atoms with Crippen LogP contribution in [0.5, 0.6) is 5.75 Å². The number of amides is 2. The lowest BCUT2D eigenvalue weighted by Crippen LogP contribution is -2.47. The first-order chi connectivity index (χ1) is 8.16. The molecular formula is C12H14N2O3. The van der Waals surface area contributed by atoms with Gasteiger partial charge in [0.05, 0.1) is 5.56 Å². The van der Waals surface area contributed by atoms with Crippen LogP contribution >= 0.6 is 0 Å². The first kappa shape index (κ1) is 11.4. The van der Waals surface area contributed by atoms with Gasteiger partial charge in [-0.1, -0.05) is 12.1 Å². The number of hydrogen-bond donors (Lipinski definition) is 3. The van der Waals surface area contributed by atoms with Crippen molar-refractivity contribution >= 4 is 11.8 Å². The van der Waals surface area contributed by atoms with Gasteiger partial charge in [0.25, 0.3) is 5.91 Å². The van der Waals surface area contributed by atoms with Gasteiger partial charge in [0, 0.05) is 19.0 Å². The minimum atomic E-state index is -0.316. The van der Waals surface area contributed by atoms with Crippen molar-refractivity contribution in [3.05, 3.63) is 29.8 Å². The first-order valence-electron chi connectivity index (χ1n) is 5.52. The fourth-order valence-corrected chi connectivity index (χ4v) is 1.78. The quantitative estimate of drug-likeness (QED) is 0.693. The number of carbonyl (C=O) groups is 2. The average molecular weight is 234 g/mol. The molecule has 1 aromatic rings. The van der Waals surface area contributed by atoms with Crippen molar-refractivity contribution in [1.82, 2.24) is 10.6 Å². The molecule has 0 aromatic heterocycles. The van der Waals surface area contributed by atoms with E-state index in [0.717, 1.165) is 0 Å². The van der Waals surface area contributed by atoms with Gasteiger partial charge in [0.15, 0.2) is 0 Å². The standard InChI is InChI=1S/C12H14N2O3/c15-10-4-2-1-3-9(10)12(17)14-8-5-6-11(16)13-7-8/h1-4,8,15H,5-7H2,(H,13,16)(H,14,17). The van der Waals surface area contributed by atoms with Crippen LogP contribution in [0, 0.1) is 0 Å². The first-order valence-corrected chi connectivity index (χ1v) is 5.52. The zero-order chi connectivity index (χ0) is 12.3. The van der Waals surface area contributed by atoms with E-state index in [2.05, 4.69) is 10.6 Å². The summed E-state index contributed by atoms with van der Waals surface area (Å²) in [7, 11) is 0. The molecule has 1 heterocycles. The van der Waals surface area contributed by atoms with E-state index >= 15 is 0 Å². The fraction of sp³-hybridized carbons (Fsp3) is 0.333. The Morgan fingerprint density at radius 3 is 2.82 bits per heavy atom. The zero-order valence-corrected chi connectivity index (χ0v) is 9.27. The van der Waals surface area contributed by atoms with Crippen molar-refractivity contribution in [1.29, 1.82) is 0 Å². The molecule has 1 unspecified atom stereocenters. The number of aromatic hydroxyl groups is 1. The summed E-state index contributed by atoms with van der Waals surface area (Å²) in [6, 6.07) is 6.31. The lowest BCUT2D eigenvalue weighted by atomic mass is 10.1. The van der Waals surface area contributed by atoms with Gasteiger partial charge in [-0.3, -0.25) is 9.59 Å². The van der Waals surface area contributed by atoms with Gasteiger partial charge in [0.1, 0.15) is 5.75 Å². The second-order valence-corrected chi connectivity index (χ2v) is 4.03. The molecule has 1 saturated heterocycles. The molecule has 0 saturated carbocycles. The summed E-state index contributed by atoms with van der Waals surface area (Å²) < 4.78 is 0. The van der Waals surface area contributed by atoms with Gasteiger partial charge >= 0.3 is 0 Å². The molecular weight excluding hydrogens is 220 g/mol. The third-order valence-corrected chi connectivity index (χ3v) is 2.75. The lowest BCUT2D eigenvalue weighted by molar-refractivity contribution is -0.122. The second kappa shape index (κ2) is 4.86. The summed E-state index contributed by atoms with van der Waals surface area (Å²) in [6.45, 7) is 0.443. The van der Waals surface area contributed by atoms with E-state index in [1.807, 2.05) is 0 Å². The lowest BCUT2D eigenvalue weighted by Gasteiger charge is -2.23. The normalized spacial score (nSPS) is 19.5. The SMILES string of the molecule is O=C1CCC(NC(=O)c2ccccc2O)CN1. The minimum Gasteiger partial charge on any atom is -0.507 e. The number of phenolic OH excluding ortho intramolecular Hbond substituents is 1. The molecule has 1 aliphatic heterocycles. The van der Waals surface area contributed by atoms with E-state index in [1.54, 1.807) is 18.2 Å². The second-order valence-electron chi connectivity index (χ2n) is 4.03. The largest absolute Gasteiger partial charge is 0.507 e. The number of carbonyl (C=O) groups excluding carboxylic acids is 2. The van der Waals surface area contributed by atoms with E-state index in [0.29, 0.717) is 19.4 Å². The van der Waals surface area contributed by atoms with Gasteiger partial charge in [0.2, 0.25) is 5.91 Å². The molecule has 0 bridgehead atoms. The Kier molecular flexibility index (Phi) is 3.27. The van der Waals surface area contributed by atoms with E-state index < -0.39 is 0 Å². The Morgan fingerprint density at radius 2 is 2.18 bits per heavy atom. The highest BCUT2D eigenvalue weighted by Gasteiger charge is 2.20. The third-order valence-electron chi connectivity index (χ3n) is 2.75. The van der Waals surface area contributed by atoms with Crippen LogP contribution in [0.1, 0.15) is 23.2 Å². The molecule has 0 aliphatic carbocycles. The molecule has 90 valence electrons. The molecule has 3 N–H and O–H groups in total. The fourth-order valence-electron chi connectivity index (χ4n) is 1.78. The smallest absolute Gasteiger partial charge is 0.255 e. The van der Waals surface area contributed by atoms with Crippen molar-refractivity contribution in [2.45, 2.75) is 18.9 Å². The Bertz CT molecular complexity index is 435. The molecule has 5 nitrogen and oxygen atoms in total. The Hall–Kier alpha value is -2.04. The van der Waals surface area contributed by atoms with Gasteiger partial charge < -0.3 is 15.7 Å². The topological polar surface area (TPSA) is 78.4 Å². The third kappa shape index (κ3) is 2.75. The molecule has 2 amide bonds. The van der Waals surface area contributed by atoms with Crippen LogP contribution in [-0.2, 0) is 4.79 Å². The molecule has 2 rings (SSSR count). The highest BCUT2D eigenvalue weighted by Crippen LogP contribution is 2.15. The molecule has 1 fully saturated rings. The van der Waals surface area contributed by atoms with E-state index in [9.17, 15) is 14.7 Å². The highest BCUT2D eigenvalue weighted by atomic mass is 16.3. The van der Waals surface area contributed by atoms with Crippen LogP contribution in [0.3, 0.4) is 0 Å². The average Bonchev–Trinajstić information content (AvgIpc) is 2.32. The number of rotatable bonds is 2. The summed E-state index contributed by atoms with van der Waals surface area (Å²) in [4.78, 5) is 22.8. The van der Waals surface area contributed by atoms with Gasteiger partial charge in [-0.15, -0.1) is 0 Å². The number of nitrogens with one attached hydrogen (secondary N) is 2. The number of hydrogen-bond acceptors (Lipinski definition) is 3. The van der Waals surface area contributed by atoms with Crippen LogP contribution in [-0.4, -0.2) is 29.5 Å². The summed E-state index contributed by atoms with van der Waals surface area (Å²) in [5.41, 5.74) is 0.254. The van der Waals surface area contributed by atoms with Crippen molar-refractivity contribution < 1.29 is 14.7 Å². The molecule has 1 aliphatic rings. The summed E-state index contributed by atoms with van der Waals surface area (Å²) >= 11 is 0. The van der Waals surface area contributed by atoms with Crippen molar-refractivity contribution in [3.8, 4) is 5.75 Å². The van der Waals surface area contributed by atoms with Crippen LogP contribution in [0.4, 0.5) is 0 Å². The number of benzene rings is 1. The molecule has 5 heteroatoms. The van der Waals surface area contributed by atoms with Crippen molar-refractivity contribution in [2.75, 3.05) is 6.54 Å². The number of para-hydroxylation sites is 1. The van der Waals surface area contributed by atoms with Crippen molar-refractivity contribution in [2.24, 2.45) is 0 Å². The predicted octanol–water partition coefficient (Wildman–Crippen LogP) is 0.401. The van der Waals surface area contributed by atoms with Crippen LogP contribution < -0.4 is 10.6 Å². The molecule has 17 heavy (non-hydrogen) atoms. The predicted molar refractivity (Wildman–Crippen MR) is 61.6 cm³/mol. The van der Waals surface area contributed by atoms with E-state index in [1.165, 1.54) is 6.07 Å². The van der Waals surface area contributed by atoms with Gasteiger partial charge in [-0.2, -0.15) is 0 Å². The Morgan fingerprint density at radius 1 is 1.41 bits per heavy atom. The number of piperidine rings is 1. The van der Waals surface area contributed by atoms with Crippen LogP contribution in [0.25, 0.3) is 0 Å². The van der Waals surface area contributed by atoms with Crippen molar-refractivity contribution in [3.63, 3.8) is 0 Å². The molecule has 0 radical (unpaired) electrons. The van der Waals surface area contributed by atoms with E-state index in [4.69, 9.17) is 0 Å². The van der Waals surface area contributed by atoms with E-state index in [-0.39, 0.29) is 29.2 Å². The summed E-state index contributed by atoms with van der Waals surface area (Å²) in [5.74, 6) is -0.341. The monoisotopic (exact) mass is 234 g/mol. The Balaban J connectivity index is 1.98. The highest BCUT2D eigenvalue weighted by molar-refractivity contribution is 5.97. The summed E-state index contributed by atoms with van der Waals surface area (Å²) in [6.07, 6.45) is 1.05. The van der Waals surface area contributed by atoms with Crippen LogP contribution in [0.2, 0.25) is 0 Å². The van der Waals surface area contributed by atoms with Gasteiger partial charge in [-0.05, 0) is 18.6 Å². The maximum Gasteiger partial charge on any atom is 0.255 e. The molecule has 1 atom stereocenters.